The molecule has 3 rings (SSSR count). The zero-order valence-electron chi connectivity index (χ0n) is 17.8. The number of benzene rings is 1. The Hall–Kier alpha value is -3.69. The van der Waals surface area contributed by atoms with Crippen LogP contribution >= 0.6 is 0 Å². The number of nitrogens with zero attached hydrogens (tertiary/aromatic N) is 4. The highest BCUT2D eigenvalue weighted by Crippen LogP contribution is 2.16. The fourth-order valence-corrected chi connectivity index (χ4v) is 2.80. The van der Waals surface area contributed by atoms with Gasteiger partial charge in [0.25, 0.3) is 5.56 Å². The maximum atomic E-state index is 12.7. The van der Waals surface area contributed by atoms with E-state index < -0.39 is 35.1 Å². The van der Waals surface area contributed by atoms with Gasteiger partial charge in [-0.3, -0.25) is 28.1 Å². The minimum absolute atomic E-state index is 0.0107. The zero-order valence-corrected chi connectivity index (χ0v) is 17.8. The third kappa shape index (κ3) is 4.73. The molecule has 0 amide bonds. The summed E-state index contributed by atoms with van der Waals surface area (Å²) in [6.45, 7) is 4.51. The van der Waals surface area contributed by atoms with E-state index in [1.54, 1.807) is 20.8 Å². The Bertz CT molecular complexity index is 1230. The Balaban J connectivity index is 1.87. The second-order valence-corrected chi connectivity index (χ2v) is 8.08. The second kappa shape index (κ2) is 8.58. The van der Waals surface area contributed by atoms with E-state index >= 15 is 0 Å². The van der Waals surface area contributed by atoms with E-state index in [2.05, 4.69) is 4.98 Å². The van der Waals surface area contributed by atoms with Crippen LogP contribution in [0.2, 0.25) is 0 Å². The fourth-order valence-electron chi connectivity index (χ4n) is 2.80. The predicted molar refractivity (Wildman–Crippen MR) is 111 cm³/mol. The molecule has 2 heterocycles. The van der Waals surface area contributed by atoms with Crippen LogP contribution in [0, 0.1) is 5.41 Å². The number of carbonyl (C=O) groups excluding carboxylic acids is 2. The number of hydrogen-bond donors (Lipinski definition) is 0. The number of rotatable bonds is 6. The van der Waals surface area contributed by atoms with Crippen LogP contribution in [-0.2, 0) is 46.0 Å². The van der Waals surface area contributed by atoms with Crippen molar-refractivity contribution in [3.63, 3.8) is 0 Å². The molecule has 10 heteroatoms. The fraction of sp³-hybridized carbons (Fsp3) is 0.381. The summed E-state index contributed by atoms with van der Waals surface area (Å²) in [7, 11) is 1.30. The van der Waals surface area contributed by atoms with Crippen molar-refractivity contribution >= 4 is 23.1 Å². The van der Waals surface area contributed by atoms with Gasteiger partial charge in [-0.1, -0.05) is 30.3 Å². The first-order chi connectivity index (χ1) is 14.6. The van der Waals surface area contributed by atoms with Crippen LogP contribution in [0.25, 0.3) is 11.2 Å². The lowest BCUT2D eigenvalue weighted by atomic mass is 9.98. The van der Waals surface area contributed by atoms with Crippen molar-refractivity contribution in [1.29, 1.82) is 0 Å². The summed E-state index contributed by atoms with van der Waals surface area (Å²) in [5.74, 6) is -1.11. The van der Waals surface area contributed by atoms with Crippen LogP contribution in [-0.4, -0.2) is 30.6 Å². The minimum Gasteiger partial charge on any atom is -0.459 e. The maximum absolute atomic E-state index is 12.7. The summed E-state index contributed by atoms with van der Waals surface area (Å²) in [6.07, 6.45) is 1.28. The molecular weight excluding hydrogens is 404 g/mol. The molecule has 2 aromatic heterocycles. The van der Waals surface area contributed by atoms with Gasteiger partial charge in [0.2, 0.25) is 0 Å². The van der Waals surface area contributed by atoms with Gasteiger partial charge in [-0.05, 0) is 26.3 Å². The number of ether oxygens (including phenoxy) is 2. The average molecular weight is 428 g/mol. The molecule has 10 nitrogen and oxygen atoms in total. The molecule has 0 radical (unpaired) electrons. The highest BCUT2D eigenvalue weighted by molar-refractivity contribution is 5.76. The number of esters is 2. The van der Waals surface area contributed by atoms with Gasteiger partial charge < -0.3 is 9.47 Å². The topological polar surface area (TPSA) is 114 Å². The van der Waals surface area contributed by atoms with E-state index in [0.717, 1.165) is 14.7 Å². The molecule has 164 valence electrons. The van der Waals surface area contributed by atoms with Crippen molar-refractivity contribution in [3.8, 4) is 0 Å². The van der Waals surface area contributed by atoms with Crippen molar-refractivity contribution in [2.45, 2.75) is 40.7 Å². The van der Waals surface area contributed by atoms with Crippen molar-refractivity contribution in [3.05, 3.63) is 63.1 Å². The molecule has 3 aromatic rings. The lowest BCUT2D eigenvalue weighted by molar-refractivity contribution is -0.156. The molecule has 0 unspecified atom stereocenters. The molecule has 0 saturated carbocycles. The van der Waals surface area contributed by atoms with Gasteiger partial charge >= 0.3 is 17.6 Å². The van der Waals surface area contributed by atoms with E-state index in [-0.39, 0.29) is 24.5 Å². The van der Waals surface area contributed by atoms with Gasteiger partial charge in [0, 0.05) is 7.05 Å². The van der Waals surface area contributed by atoms with Crippen molar-refractivity contribution in [2.24, 2.45) is 12.5 Å². The van der Waals surface area contributed by atoms with Gasteiger partial charge in [-0.15, -0.1) is 0 Å². The standard InChI is InChI=1S/C21H24N4O6/c1-21(2,3)19(28)31-13-24-12-22-17-16(24)18(27)23(4)20(29)25(17)10-15(26)30-11-14-8-6-5-7-9-14/h5-9,12H,10-11,13H2,1-4H3. The van der Waals surface area contributed by atoms with Gasteiger partial charge in [-0.25, -0.2) is 9.78 Å². The molecule has 31 heavy (non-hydrogen) atoms. The Morgan fingerprint density at radius 3 is 2.39 bits per heavy atom. The summed E-state index contributed by atoms with van der Waals surface area (Å²) >= 11 is 0. The molecule has 0 N–H and O–H groups in total. The van der Waals surface area contributed by atoms with E-state index in [9.17, 15) is 19.2 Å². The van der Waals surface area contributed by atoms with Crippen LogP contribution in [0.4, 0.5) is 0 Å². The number of hydrogen-bond acceptors (Lipinski definition) is 7. The minimum atomic E-state index is -0.716. The lowest BCUT2D eigenvalue weighted by Crippen LogP contribution is -2.40. The Morgan fingerprint density at radius 1 is 1.06 bits per heavy atom. The van der Waals surface area contributed by atoms with Crippen molar-refractivity contribution in [2.75, 3.05) is 0 Å². The van der Waals surface area contributed by atoms with E-state index in [1.807, 2.05) is 30.3 Å². The maximum Gasteiger partial charge on any atom is 0.333 e. The van der Waals surface area contributed by atoms with Gasteiger partial charge in [0.1, 0.15) is 19.5 Å². The van der Waals surface area contributed by atoms with Crippen LogP contribution in [0.1, 0.15) is 26.3 Å². The molecule has 0 saturated heterocycles. The predicted octanol–water partition coefficient (Wildman–Crippen LogP) is 1.19. The molecule has 0 aliphatic heterocycles. The summed E-state index contributed by atoms with van der Waals surface area (Å²) in [4.78, 5) is 53.7. The van der Waals surface area contributed by atoms with Crippen LogP contribution in [0.5, 0.6) is 0 Å². The van der Waals surface area contributed by atoms with E-state index in [0.29, 0.717) is 0 Å². The first-order valence-corrected chi connectivity index (χ1v) is 9.61. The van der Waals surface area contributed by atoms with E-state index in [1.165, 1.54) is 17.9 Å². The Kier molecular flexibility index (Phi) is 6.09. The highest BCUT2D eigenvalue weighted by atomic mass is 16.5. The summed E-state index contributed by atoms with van der Waals surface area (Å²) in [5, 5.41) is 0. The number of aromatic nitrogens is 4. The lowest BCUT2D eigenvalue weighted by Gasteiger charge is -2.17. The quantitative estimate of drug-likeness (QED) is 0.542. The zero-order chi connectivity index (χ0) is 22.8. The summed E-state index contributed by atoms with van der Waals surface area (Å²) in [5.41, 5.74) is -1.18. The average Bonchev–Trinajstić information content (AvgIpc) is 3.16. The summed E-state index contributed by atoms with van der Waals surface area (Å²) < 4.78 is 13.7. The number of carbonyl (C=O) groups is 2. The molecular formula is C21H24N4O6. The molecule has 0 fully saturated rings. The van der Waals surface area contributed by atoms with Gasteiger partial charge in [0.15, 0.2) is 17.9 Å². The molecule has 0 aliphatic carbocycles. The Morgan fingerprint density at radius 2 is 1.74 bits per heavy atom. The molecule has 0 atom stereocenters. The second-order valence-electron chi connectivity index (χ2n) is 8.08. The molecule has 0 spiro atoms. The first-order valence-electron chi connectivity index (χ1n) is 9.61. The smallest absolute Gasteiger partial charge is 0.333 e. The third-order valence-corrected chi connectivity index (χ3v) is 4.58. The van der Waals surface area contributed by atoms with Gasteiger partial charge in [0.05, 0.1) is 5.41 Å². The first kappa shape index (κ1) is 22.0. The Labute approximate surface area is 177 Å². The molecule has 0 bridgehead atoms. The van der Waals surface area contributed by atoms with Crippen molar-refractivity contribution in [1.82, 2.24) is 18.7 Å². The van der Waals surface area contributed by atoms with Crippen LogP contribution < -0.4 is 11.2 Å². The largest absolute Gasteiger partial charge is 0.459 e. The molecule has 1 aromatic carbocycles. The SMILES string of the molecule is Cn1c(=O)c2c(ncn2COC(=O)C(C)(C)C)n(CC(=O)OCc2ccccc2)c1=O. The van der Waals surface area contributed by atoms with E-state index in [4.69, 9.17) is 9.47 Å². The van der Waals surface area contributed by atoms with Gasteiger partial charge in [-0.2, -0.15) is 0 Å². The molecule has 0 aliphatic rings. The number of imidazole rings is 1. The van der Waals surface area contributed by atoms with Crippen molar-refractivity contribution < 1.29 is 19.1 Å². The van der Waals surface area contributed by atoms with Crippen LogP contribution in [0.15, 0.2) is 46.2 Å². The van der Waals surface area contributed by atoms with Crippen LogP contribution in [0.3, 0.4) is 0 Å². The highest BCUT2D eigenvalue weighted by Gasteiger charge is 2.24. The normalized spacial score (nSPS) is 11.5. The summed E-state index contributed by atoms with van der Waals surface area (Å²) in [6, 6.07) is 9.11. The number of fused-ring (bicyclic) bond motifs is 1. The monoisotopic (exact) mass is 428 g/mol. The third-order valence-electron chi connectivity index (χ3n) is 4.58.